The van der Waals surface area contributed by atoms with Gasteiger partial charge in [0.15, 0.2) is 0 Å². The van der Waals surface area contributed by atoms with Crippen LogP contribution in [0.1, 0.15) is 66.2 Å². The molecule has 1 aliphatic carbocycles. The highest BCUT2D eigenvalue weighted by Crippen LogP contribution is 2.32. The minimum Gasteiger partial charge on any atom is -0.508 e. The van der Waals surface area contributed by atoms with Gasteiger partial charge in [0, 0.05) is 29.7 Å². The van der Waals surface area contributed by atoms with Crippen molar-refractivity contribution >= 4 is 5.97 Å². The molecule has 3 atom stereocenters. The van der Waals surface area contributed by atoms with Crippen LogP contribution < -0.4 is 4.74 Å². The van der Waals surface area contributed by atoms with E-state index in [4.69, 9.17) is 14.7 Å². The molecule has 0 bridgehead atoms. The van der Waals surface area contributed by atoms with E-state index in [9.17, 15) is 15.0 Å². The summed E-state index contributed by atoms with van der Waals surface area (Å²) in [5.74, 6) is 1.02. The Morgan fingerprint density at radius 3 is 2.39 bits per heavy atom. The minimum absolute atomic E-state index is 0.0127. The van der Waals surface area contributed by atoms with Crippen LogP contribution in [-0.4, -0.2) is 29.9 Å². The van der Waals surface area contributed by atoms with E-state index < -0.39 is 0 Å². The first-order valence-corrected chi connectivity index (χ1v) is 11.7. The lowest BCUT2D eigenvalue weighted by atomic mass is 9.97. The van der Waals surface area contributed by atoms with Gasteiger partial charge in [0.05, 0.1) is 19.8 Å². The Morgan fingerprint density at radius 2 is 1.88 bits per heavy atom. The summed E-state index contributed by atoms with van der Waals surface area (Å²) in [6.07, 6.45) is 9.91. The molecule has 3 unspecified atom stereocenters. The second-order valence-electron chi connectivity index (χ2n) is 8.69. The molecule has 0 spiro atoms. The number of allylic oxidation sites excluding steroid dienone is 3. The van der Waals surface area contributed by atoms with E-state index >= 15 is 0 Å². The van der Waals surface area contributed by atoms with Crippen LogP contribution in [0.4, 0.5) is 0 Å². The van der Waals surface area contributed by atoms with Crippen molar-refractivity contribution in [3.05, 3.63) is 41.5 Å². The van der Waals surface area contributed by atoms with E-state index in [2.05, 4.69) is 26.8 Å². The zero-order chi connectivity index (χ0) is 24.8. The van der Waals surface area contributed by atoms with Gasteiger partial charge in [0.25, 0.3) is 0 Å². The fraction of sp³-hybridized carbons (Fsp3) is 0.556. The molecular formula is C27H39NO5. The van der Waals surface area contributed by atoms with Crippen LogP contribution in [0.5, 0.6) is 17.2 Å². The maximum Gasteiger partial charge on any atom is 0.333 e. The van der Waals surface area contributed by atoms with Crippen molar-refractivity contribution in [2.75, 3.05) is 13.7 Å². The summed E-state index contributed by atoms with van der Waals surface area (Å²) >= 11 is 0. The van der Waals surface area contributed by atoms with Gasteiger partial charge in [-0.2, -0.15) is 5.26 Å². The number of phenolic OH excluding ortho intramolecular Hbond substituents is 2. The van der Waals surface area contributed by atoms with Crippen molar-refractivity contribution in [3.63, 3.8) is 0 Å². The molecule has 33 heavy (non-hydrogen) atoms. The van der Waals surface area contributed by atoms with Crippen molar-refractivity contribution in [2.24, 2.45) is 17.8 Å². The topological polar surface area (TPSA) is 99.8 Å². The molecule has 1 fully saturated rings. The molecule has 1 aromatic rings. The first kappa shape index (κ1) is 28.1. The smallest absolute Gasteiger partial charge is 0.333 e. The van der Waals surface area contributed by atoms with Gasteiger partial charge in [-0.3, -0.25) is 0 Å². The van der Waals surface area contributed by atoms with E-state index in [0.717, 1.165) is 44.1 Å². The monoisotopic (exact) mass is 457 g/mol. The van der Waals surface area contributed by atoms with Gasteiger partial charge < -0.3 is 19.7 Å². The zero-order valence-corrected chi connectivity index (χ0v) is 20.6. The summed E-state index contributed by atoms with van der Waals surface area (Å²) in [6, 6.07) is 6.47. The molecule has 1 aromatic carbocycles. The lowest BCUT2D eigenvalue weighted by Gasteiger charge is -2.11. The zero-order valence-electron chi connectivity index (χ0n) is 20.6. The lowest BCUT2D eigenvalue weighted by Crippen LogP contribution is -2.11. The molecule has 2 N–H and O–H groups in total. The fourth-order valence-corrected chi connectivity index (χ4v) is 3.69. The number of phenols is 2. The predicted molar refractivity (Wildman–Crippen MR) is 130 cm³/mol. The maximum atomic E-state index is 11.6. The van der Waals surface area contributed by atoms with Crippen molar-refractivity contribution in [1.29, 1.82) is 5.26 Å². The number of ether oxygens (including phenoxy) is 2. The molecule has 0 aliphatic heterocycles. The number of nitrogens with zero attached hydrogens (tertiary/aromatic N) is 1. The molecule has 0 radical (unpaired) electrons. The fourth-order valence-electron chi connectivity index (χ4n) is 3.69. The lowest BCUT2D eigenvalue weighted by molar-refractivity contribution is -0.136. The molecule has 1 saturated carbocycles. The van der Waals surface area contributed by atoms with Gasteiger partial charge >= 0.3 is 5.97 Å². The summed E-state index contributed by atoms with van der Waals surface area (Å²) in [5.41, 5.74) is 2.06. The number of nitriles is 1. The number of carbonyl (C=O) groups excluding carboxylic acids is 1. The number of aromatic hydroxyl groups is 2. The quantitative estimate of drug-likeness (QED) is 0.257. The highest BCUT2D eigenvalue weighted by Gasteiger charge is 2.24. The summed E-state index contributed by atoms with van der Waals surface area (Å²) in [5, 5.41) is 27.4. The third kappa shape index (κ3) is 10.5. The Balaban J connectivity index is 0.000000331. The second-order valence-corrected chi connectivity index (χ2v) is 8.69. The Bertz CT molecular complexity index is 832. The normalized spacial score (nSPS) is 19.2. The SMILES string of the molecule is CCC/C(C)=C/C=C(/C(=O)OC)C(C)CC.N#CC1CCC(COc2cc(O)cc(O)c2)C1. The van der Waals surface area contributed by atoms with Crippen LogP contribution >= 0.6 is 0 Å². The van der Waals surface area contributed by atoms with E-state index in [-0.39, 0.29) is 29.3 Å². The number of carbonyl (C=O) groups is 1. The Hall–Kier alpha value is -2.94. The highest BCUT2D eigenvalue weighted by molar-refractivity contribution is 5.89. The van der Waals surface area contributed by atoms with Gasteiger partial charge in [-0.1, -0.05) is 44.9 Å². The number of esters is 1. The molecular weight excluding hydrogens is 418 g/mol. The third-order valence-electron chi connectivity index (χ3n) is 5.84. The van der Waals surface area contributed by atoms with Gasteiger partial charge in [0.2, 0.25) is 0 Å². The van der Waals surface area contributed by atoms with Crippen LogP contribution in [0.2, 0.25) is 0 Å². The van der Waals surface area contributed by atoms with Crippen molar-refractivity contribution in [2.45, 2.75) is 66.2 Å². The maximum absolute atomic E-state index is 11.6. The summed E-state index contributed by atoms with van der Waals surface area (Å²) in [7, 11) is 1.43. The molecule has 0 saturated heterocycles. The van der Waals surface area contributed by atoms with Gasteiger partial charge in [-0.25, -0.2) is 4.79 Å². The van der Waals surface area contributed by atoms with E-state index in [1.54, 1.807) is 0 Å². The minimum atomic E-state index is -0.213. The average molecular weight is 458 g/mol. The van der Waals surface area contributed by atoms with Crippen LogP contribution in [0.15, 0.2) is 41.5 Å². The van der Waals surface area contributed by atoms with Crippen molar-refractivity contribution in [3.8, 4) is 23.3 Å². The molecule has 2 rings (SSSR count). The summed E-state index contributed by atoms with van der Waals surface area (Å²) < 4.78 is 10.3. The highest BCUT2D eigenvalue weighted by atomic mass is 16.5. The molecule has 0 aromatic heterocycles. The largest absolute Gasteiger partial charge is 0.508 e. The molecule has 6 nitrogen and oxygen atoms in total. The predicted octanol–water partition coefficient (Wildman–Crippen LogP) is 6.29. The second kappa shape index (κ2) is 15.0. The third-order valence-corrected chi connectivity index (χ3v) is 5.84. The molecule has 0 amide bonds. The summed E-state index contributed by atoms with van der Waals surface area (Å²) in [6.45, 7) is 8.89. The molecule has 0 heterocycles. The van der Waals surface area contributed by atoms with Gasteiger partial charge in [0.1, 0.15) is 17.2 Å². The van der Waals surface area contributed by atoms with Crippen LogP contribution in [0.3, 0.4) is 0 Å². The Labute approximate surface area is 198 Å². The molecule has 182 valence electrons. The first-order chi connectivity index (χ1) is 15.7. The van der Waals surface area contributed by atoms with Gasteiger partial charge in [-0.05, 0) is 50.9 Å². The standard InChI is InChI=1S/C14H24O2.C13H15NO3/c1-6-8-11(3)9-10-13(12(4)7-2)14(15)16-5;14-7-9-1-2-10(3-9)8-17-13-5-11(15)4-12(16)6-13/h9-10,12H,6-8H2,1-5H3;4-6,9-10,15-16H,1-3,8H2/b11-9+,13-10+;. The number of rotatable bonds is 9. The molecule has 1 aliphatic rings. The van der Waals surface area contributed by atoms with Crippen LogP contribution in [0.25, 0.3) is 0 Å². The number of hydrogen-bond donors (Lipinski definition) is 2. The van der Waals surface area contributed by atoms with Crippen LogP contribution in [-0.2, 0) is 9.53 Å². The Morgan fingerprint density at radius 1 is 1.21 bits per heavy atom. The van der Waals surface area contributed by atoms with E-state index in [1.165, 1.54) is 30.9 Å². The summed E-state index contributed by atoms with van der Waals surface area (Å²) in [4.78, 5) is 11.6. The average Bonchev–Trinajstić information content (AvgIpc) is 3.25. The van der Waals surface area contributed by atoms with E-state index in [1.807, 2.05) is 19.1 Å². The number of hydrogen-bond acceptors (Lipinski definition) is 6. The molecule has 6 heteroatoms. The Kier molecular flexibility index (Phi) is 12.8. The van der Waals surface area contributed by atoms with Gasteiger partial charge in [-0.15, -0.1) is 0 Å². The number of benzene rings is 1. The van der Waals surface area contributed by atoms with E-state index in [0.29, 0.717) is 18.3 Å². The van der Waals surface area contributed by atoms with Crippen molar-refractivity contribution in [1.82, 2.24) is 0 Å². The van der Waals surface area contributed by atoms with Crippen molar-refractivity contribution < 1.29 is 24.5 Å². The first-order valence-electron chi connectivity index (χ1n) is 11.7. The number of methoxy groups -OCH3 is 1. The van der Waals surface area contributed by atoms with Crippen LogP contribution in [0, 0.1) is 29.1 Å².